The van der Waals surface area contributed by atoms with Gasteiger partial charge in [0.05, 0.1) is 10.9 Å². The Kier molecular flexibility index (Phi) is 2.82. The molecule has 19 heavy (non-hydrogen) atoms. The average molecular weight is 252 g/mol. The summed E-state index contributed by atoms with van der Waals surface area (Å²) in [6, 6.07) is 5.79. The van der Waals surface area contributed by atoms with Crippen LogP contribution in [0.15, 0.2) is 41.2 Å². The minimum atomic E-state index is 0.0263. The highest BCUT2D eigenvalue weighted by Crippen LogP contribution is 2.18. The van der Waals surface area contributed by atoms with Crippen molar-refractivity contribution in [3.8, 4) is 0 Å². The van der Waals surface area contributed by atoms with E-state index in [0.717, 1.165) is 35.4 Å². The maximum Gasteiger partial charge on any atom is 0.266 e. The van der Waals surface area contributed by atoms with Crippen molar-refractivity contribution >= 4 is 16.6 Å². The number of benzene rings is 1. The third kappa shape index (κ3) is 1.91. The van der Waals surface area contributed by atoms with Gasteiger partial charge in [-0.25, -0.2) is 4.98 Å². The van der Waals surface area contributed by atoms with Gasteiger partial charge in [-0.05, 0) is 44.4 Å². The summed E-state index contributed by atoms with van der Waals surface area (Å²) in [5.41, 5.74) is 2.72. The first-order chi connectivity index (χ1) is 9.18. The fourth-order valence-electron chi connectivity index (χ4n) is 2.58. The highest BCUT2D eigenvalue weighted by Gasteiger charge is 2.12. The minimum Gasteiger partial charge on any atom is -0.268 e. The molecule has 1 aromatic carbocycles. The summed E-state index contributed by atoms with van der Waals surface area (Å²) >= 11 is 0. The van der Waals surface area contributed by atoms with Crippen LogP contribution in [-0.4, -0.2) is 9.55 Å². The monoisotopic (exact) mass is 252 g/mol. The lowest BCUT2D eigenvalue weighted by Gasteiger charge is -2.14. The van der Waals surface area contributed by atoms with Crippen LogP contribution in [0.5, 0.6) is 0 Å². The number of allylic oxidation sites excluding steroid dienone is 4. The van der Waals surface area contributed by atoms with E-state index in [1.165, 1.54) is 0 Å². The standard InChI is InChI=1S/C16H16N2O/c1-11-7-6-10-14-15(11)16(19)18(12(2)17-14)13-8-4-3-5-9-13/h4,6-10H,3,5H2,1-2H3. The van der Waals surface area contributed by atoms with Gasteiger partial charge in [-0.2, -0.15) is 0 Å². The Morgan fingerprint density at radius 2 is 2.05 bits per heavy atom. The van der Waals surface area contributed by atoms with Crippen LogP contribution in [0.2, 0.25) is 0 Å². The van der Waals surface area contributed by atoms with Crippen molar-refractivity contribution in [1.82, 2.24) is 9.55 Å². The summed E-state index contributed by atoms with van der Waals surface area (Å²) in [5, 5.41) is 0.716. The van der Waals surface area contributed by atoms with Crippen molar-refractivity contribution in [3.05, 3.63) is 58.2 Å². The third-order valence-corrected chi connectivity index (χ3v) is 3.51. The molecule has 0 atom stereocenters. The zero-order chi connectivity index (χ0) is 13.4. The van der Waals surface area contributed by atoms with Gasteiger partial charge in [-0.1, -0.05) is 24.3 Å². The highest BCUT2D eigenvalue weighted by molar-refractivity contribution is 5.82. The molecule has 1 aliphatic carbocycles. The Hall–Kier alpha value is -2.16. The zero-order valence-corrected chi connectivity index (χ0v) is 11.2. The van der Waals surface area contributed by atoms with Crippen LogP contribution in [-0.2, 0) is 0 Å². The summed E-state index contributed by atoms with van der Waals surface area (Å²) in [6.45, 7) is 3.84. The van der Waals surface area contributed by atoms with Crippen LogP contribution in [0.25, 0.3) is 16.6 Å². The summed E-state index contributed by atoms with van der Waals surface area (Å²) in [5.74, 6) is 0.737. The summed E-state index contributed by atoms with van der Waals surface area (Å²) < 4.78 is 1.71. The molecule has 0 bridgehead atoms. The molecule has 0 fully saturated rings. The quantitative estimate of drug-likeness (QED) is 0.781. The SMILES string of the molecule is Cc1cccc2nc(C)n(C3=CCCC=C3)c(=O)c12. The number of fused-ring (bicyclic) bond motifs is 1. The maximum absolute atomic E-state index is 12.7. The number of aromatic nitrogens is 2. The predicted molar refractivity (Wildman–Crippen MR) is 78.1 cm³/mol. The predicted octanol–water partition coefficient (Wildman–Crippen LogP) is 3.20. The second-order valence-corrected chi connectivity index (χ2v) is 4.88. The Morgan fingerprint density at radius 3 is 2.79 bits per heavy atom. The van der Waals surface area contributed by atoms with Gasteiger partial charge in [0, 0.05) is 5.70 Å². The molecule has 1 aliphatic rings. The molecular weight excluding hydrogens is 236 g/mol. The van der Waals surface area contributed by atoms with Crippen molar-refractivity contribution in [2.45, 2.75) is 26.7 Å². The first-order valence-electron chi connectivity index (χ1n) is 6.54. The van der Waals surface area contributed by atoms with E-state index in [4.69, 9.17) is 0 Å². The fourth-order valence-corrected chi connectivity index (χ4v) is 2.58. The van der Waals surface area contributed by atoms with Gasteiger partial charge in [0.1, 0.15) is 5.82 Å². The zero-order valence-electron chi connectivity index (χ0n) is 11.2. The van der Waals surface area contributed by atoms with Gasteiger partial charge in [0.15, 0.2) is 0 Å². The van der Waals surface area contributed by atoms with E-state index in [0.29, 0.717) is 5.39 Å². The third-order valence-electron chi connectivity index (χ3n) is 3.51. The van der Waals surface area contributed by atoms with Crippen LogP contribution in [0.3, 0.4) is 0 Å². The molecule has 0 radical (unpaired) electrons. The minimum absolute atomic E-state index is 0.0263. The van der Waals surface area contributed by atoms with Crippen molar-refractivity contribution in [2.75, 3.05) is 0 Å². The molecule has 3 rings (SSSR count). The van der Waals surface area contributed by atoms with Gasteiger partial charge < -0.3 is 0 Å². The summed E-state index contributed by atoms with van der Waals surface area (Å²) in [4.78, 5) is 17.3. The van der Waals surface area contributed by atoms with E-state index in [1.54, 1.807) is 4.57 Å². The van der Waals surface area contributed by atoms with Gasteiger partial charge in [0.25, 0.3) is 5.56 Å². The molecule has 96 valence electrons. The van der Waals surface area contributed by atoms with Crippen LogP contribution in [0.4, 0.5) is 0 Å². The molecule has 1 aromatic heterocycles. The maximum atomic E-state index is 12.7. The second kappa shape index (κ2) is 4.50. The lowest BCUT2D eigenvalue weighted by Crippen LogP contribution is -2.23. The van der Waals surface area contributed by atoms with Gasteiger partial charge in [-0.15, -0.1) is 0 Å². The van der Waals surface area contributed by atoms with Crippen LogP contribution in [0, 0.1) is 13.8 Å². The van der Waals surface area contributed by atoms with E-state index in [9.17, 15) is 4.79 Å². The van der Waals surface area contributed by atoms with E-state index in [-0.39, 0.29) is 5.56 Å². The normalized spacial score (nSPS) is 14.7. The van der Waals surface area contributed by atoms with E-state index in [1.807, 2.05) is 38.1 Å². The van der Waals surface area contributed by atoms with E-state index < -0.39 is 0 Å². The average Bonchev–Trinajstić information content (AvgIpc) is 2.39. The second-order valence-electron chi connectivity index (χ2n) is 4.88. The molecule has 0 saturated carbocycles. The number of aryl methyl sites for hydroxylation is 2. The molecule has 0 saturated heterocycles. The Labute approximate surface area is 111 Å². The molecular formula is C16H16N2O. The molecule has 0 amide bonds. The fraction of sp³-hybridized carbons (Fsp3) is 0.250. The first-order valence-corrected chi connectivity index (χ1v) is 6.54. The van der Waals surface area contributed by atoms with Crippen LogP contribution in [0.1, 0.15) is 24.2 Å². The van der Waals surface area contributed by atoms with Crippen LogP contribution < -0.4 is 5.56 Å². The lowest BCUT2D eigenvalue weighted by molar-refractivity contribution is 0.899. The first kappa shape index (κ1) is 11.9. The highest BCUT2D eigenvalue weighted by atomic mass is 16.1. The molecule has 2 aromatic rings. The van der Waals surface area contributed by atoms with Crippen molar-refractivity contribution in [3.63, 3.8) is 0 Å². The Morgan fingerprint density at radius 1 is 1.21 bits per heavy atom. The smallest absolute Gasteiger partial charge is 0.266 e. The summed E-state index contributed by atoms with van der Waals surface area (Å²) in [6.07, 6.45) is 8.22. The summed E-state index contributed by atoms with van der Waals surface area (Å²) in [7, 11) is 0. The largest absolute Gasteiger partial charge is 0.268 e. The van der Waals surface area contributed by atoms with E-state index in [2.05, 4.69) is 17.1 Å². The van der Waals surface area contributed by atoms with Gasteiger partial charge >= 0.3 is 0 Å². The van der Waals surface area contributed by atoms with Gasteiger partial charge in [0.2, 0.25) is 0 Å². The van der Waals surface area contributed by atoms with E-state index >= 15 is 0 Å². The number of hydrogen-bond donors (Lipinski definition) is 0. The molecule has 0 unspecified atom stereocenters. The molecule has 0 spiro atoms. The molecule has 0 N–H and O–H groups in total. The number of rotatable bonds is 1. The lowest BCUT2D eigenvalue weighted by atomic mass is 10.1. The van der Waals surface area contributed by atoms with Crippen molar-refractivity contribution < 1.29 is 0 Å². The van der Waals surface area contributed by atoms with Crippen molar-refractivity contribution in [2.24, 2.45) is 0 Å². The Balaban J connectivity index is 2.37. The molecule has 0 aliphatic heterocycles. The Bertz CT molecular complexity index is 766. The molecule has 3 nitrogen and oxygen atoms in total. The molecule has 3 heteroatoms. The topological polar surface area (TPSA) is 34.9 Å². The van der Waals surface area contributed by atoms with Gasteiger partial charge in [-0.3, -0.25) is 9.36 Å². The number of hydrogen-bond acceptors (Lipinski definition) is 2. The number of nitrogens with zero attached hydrogens (tertiary/aromatic N) is 2. The molecule has 1 heterocycles. The van der Waals surface area contributed by atoms with Crippen LogP contribution >= 0.6 is 0 Å². The van der Waals surface area contributed by atoms with Crippen molar-refractivity contribution in [1.29, 1.82) is 0 Å².